The van der Waals surface area contributed by atoms with Crippen molar-refractivity contribution in [3.63, 3.8) is 0 Å². The van der Waals surface area contributed by atoms with Crippen molar-refractivity contribution >= 4 is 22.6 Å². The molecule has 0 aliphatic heterocycles. The number of methoxy groups -OCH3 is 1. The molecule has 0 aliphatic carbocycles. The molecule has 5 nitrogen and oxygen atoms in total. The number of carbonyl (C=O) groups excluding carboxylic acids is 1. The molecule has 1 N–H and O–H groups in total. The summed E-state index contributed by atoms with van der Waals surface area (Å²) in [4.78, 5) is 14.4. The number of para-hydroxylation sites is 1. The predicted molar refractivity (Wildman–Crippen MR) is 104 cm³/mol. The lowest BCUT2D eigenvalue weighted by atomic mass is 10.1. The van der Waals surface area contributed by atoms with Gasteiger partial charge in [0.25, 0.3) is 0 Å². The van der Waals surface area contributed by atoms with E-state index < -0.39 is 0 Å². The quantitative estimate of drug-likeness (QED) is 0.629. The summed E-state index contributed by atoms with van der Waals surface area (Å²) in [6.07, 6.45) is 2.85. The fourth-order valence-electron chi connectivity index (χ4n) is 2.92. The van der Waals surface area contributed by atoms with E-state index in [2.05, 4.69) is 29.4 Å². The van der Waals surface area contributed by atoms with E-state index in [9.17, 15) is 4.79 Å². The third kappa shape index (κ3) is 4.36. The number of rotatable bonds is 8. The lowest BCUT2D eigenvalue weighted by molar-refractivity contribution is -0.120. The number of nitrogens with zero attached hydrogens (tertiary/aromatic N) is 1. The maximum atomic E-state index is 12.2. The minimum atomic E-state index is 0.00545. The maximum Gasteiger partial charge on any atom is 0.224 e. The molecule has 1 heterocycles. The predicted octanol–water partition coefficient (Wildman–Crippen LogP) is 3.63. The van der Waals surface area contributed by atoms with Crippen molar-refractivity contribution in [3.8, 4) is 5.75 Å². The van der Waals surface area contributed by atoms with Gasteiger partial charge in [0.15, 0.2) is 0 Å². The molecule has 0 saturated heterocycles. The SMILES string of the molecule is COc1ccc2c(CC(=O)NCCCN(C)c3ccccc3)coc2c1. The number of hydrogen-bond donors (Lipinski definition) is 1. The van der Waals surface area contributed by atoms with Gasteiger partial charge >= 0.3 is 0 Å². The van der Waals surface area contributed by atoms with E-state index in [1.165, 1.54) is 5.69 Å². The van der Waals surface area contributed by atoms with Gasteiger partial charge in [0.05, 0.1) is 19.8 Å². The van der Waals surface area contributed by atoms with Gasteiger partial charge < -0.3 is 19.4 Å². The van der Waals surface area contributed by atoms with Gasteiger partial charge in [-0.2, -0.15) is 0 Å². The molecule has 5 heteroatoms. The summed E-state index contributed by atoms with van der Waals surface area (Å²) in [5.74, 6) is 0.747. The van der Waals surface area contributed by atoms with Crippen LogP contribution >= 0.6 is 0 Å². The van der Waals surface area contributed by atoms with E-state index >= 15 is 0 Å². The molecule has 136 valence electrons. The van der Waals surface area contributed by atoms with Crippen molar-refractivity contribution in [2.24, 2.45) is 0 Å². The topological polar surface area (TPSA) is 54.7 Å². The highest BCUT2D eigenvalue weighted by molar-refractivity contribution is 5.88. The number of carbonyl (C=O) groups is 1. The second kappa shape index (κ2) is 8.43. The largest absolute Gasteiger partial charge is 0.497 e. The molecule has 0 aliphatic rings. The average molecular weight is 352 g/mol. The Balaban J connectivity index is 1.46. The summed E-state index contributed by atoms with van der Waals surface area (Å²) < 4.78 is 10.7. The molecule has 2 aromatic carbocycles. The Bertz CT molecular complexity index is 858. The number of ether oxygens (including phenoxy) is 1. The van der Waals surface area contributed by atoms with Gasteiger partial charge in [-0.1, -0.05) is 18.2 Å². The Hall–Kier alpha value is -2.95. The van der Waals surface area contributed by atoms with Crippen molar-refractivity contribution in [1.82, 2.24) is 5.32 Å². The van der Waals surface area contributed by atoms with E-state index in [0.29, 0.717) is 13.0 Å². The highest BCUT2D eigenvalue weighted by atomic mass is 16.5. The second-order valence-electron chi connectivity index (χ2n) is 6.26. The van der Waals surface area contributed by atoms with E-state index in [-0.39, 0.29) is 5.91 Å². The third-order valence-corrected chi connectivity index (χ3v) is 4.40. The summed E-state index contributed by atoms with van der Waals surface area (Å²) >= 11 is 0. The number of hydrogen-bond acceptors (Lipinski definition) is 4. The lowest BCUT2D eigenvalue weighted by Gasteiger charge is -2.19. The van der Waals surface area contributed by atoms with Crippen molar-refractivity contribution in [1.29, 1.82) is 0 Å². The summed E-state index contributed by atoms with van der Waals surface area (Å²) in [5, 5.41) is 3.93. The first-order valence-electron chi connectivity index (χ1n) is 8.74. The molecule has 0 fully saturated rings. The van der Waals surface area contributed by atoms with Gasteiger partial charge in [-0.3, -0.25) is 4.79 Å². The van der Waals surface area contributed by atoms with Crippen LogP contribution in [-0.2, 0) is 11.2 Å². The lowest BCUT2D eigenvalue weighted by Crippen LogP contribution is -2.29. The van der Waals surface area contributed by atoms with Crippen LogP contribution in [0.15, 0.2) is 59.2 Å². The summed E-state index contributed by atoms with van der Waals surface area (Å²) in [6.45, 7) is 1.54. The van der Waals surface area contributed by atoms with Crippen molar-refractivity contribution in [2.75, 3.05) is 32.1 Å². The Labute approximate surface area is 153 Å². The number of nitrogens with one attached hydrogen (secondary N) is 1. The molecule has 0 unspecified atom stereocenters. The number of anilines is 1. The smallest absolute Gasteiger partial charge is 0.224 e. The minimum Gasteiger partial charge on any atom is -0.497 e. The highest BCUT2D eigenvalue weighted by Gasteiger charge is 2.11. The molecule has 1 aromatic heterocycles. The Kier molecular flexibility index (Phi) is 5.79. The fourth-order valence-corrected chi connectivity index (χ4v) is 2.92. The van der Waals surface area contributed by atoms with Gasteiger partial charge in [0.2, 0.25) is 5.91 Å². The van der Waals surface area contributed by atoms with Crippen molar-refractivity contribution in [3.05, 3.63) is 60.4 Å². The van der Waals surface area contributed by atoms with Gasteiger partial charge in [-0.25, -0.2) is 0 Å². The minimum absolute atomic E-state index is 0.00545. The molecular formula is C21H24N2O3. The summed E-state index contributed by atoms with van der Waals surface area (Å²) in [5.41, 5.74) is 2.80. The number of amides is 1. The molecule has 0 spiro atoms. The Morgan fingerprint density at radius 1 is 1.19 bits per heavy atom. The fraction of sp³-hybridized carbons (Fsp3) is 0.286. The summed E-state index contributed by atoms with van der Waals surface area (Å²) in [6, 6.07) is 15.9. The average Bonchev–Trinajstić information content (AvgIpc) is 3.07. The zero-order valence-corrected chi connectivity index (χ0v) is 15.2. The number of fused-ring (bicyclic) bond motifs is 1. The van der Waals surface area contributed by atoms with Crippen LogP contribution in [0.5, 0.6) is 5.75 Å². The van der Waals surface area contributed by atoms with Crippen LogP contribution in [0.3, 0.4) is 0 Å². The van der Waals surface area contributed by atoms with Gasteiger partial charge in [-0.05, 0) is 30.7 Å². The van der Waals surface area contributed by atoms with Crippen LogP contribution in [0.1, 0.15) is 12.0 Å². The first-order chi connectivity index (χ1) is 12.7. The highest BCUT2D eigenvalue weighted by Crippen LogP contribution is 2.25. The van der Waals surface area contributed by atoms with Crippen molar-refractivity contribution < 1.29 is 13.9 Å². The van der Waals surface area contributed by atoms with Crippen molar-refractivity contribution in [2.45, 2.75) is 12.8 Å². The van der Waals surface area contributed by atoms with E-state index in [1.54, 1.807) is 13.4 Å². The molecule has 26 heavy (non-hydrogen) atoms. The first-order valence-corrected chi connectivity index (χ1v) is 8.74. The summed E-state index contributed by atoms with van der Waals surface area (Å²) in [7, 11) is 3.68. The van der Waals surface area contributed by atoms with Crippen LogP contribution in [0, 0.1) is 0 Å². The zero-order chi connectivity index (χ0) is 18.4. The first kappa shape index (κ1) is 17.9. The van der Waals surface area contributed by atoms with E-state index in [4.69, 9.17) is 9.15 Å². The van der Waals surface area contributed by atoms with Crippen LogP contribution < -0.4 is 15.0 Å². The number of benzene rings is 2. The third-order valence-electron chi connectivity index (χ3n) is 4.40. The molecule has 3 aromatic rings. The molecule has 0 radical (unpaired) electrons. The van der Waals surface area contributed by atoms with Crippen LogP contribution in [0.4, 0.5) is 5.69 Å². The number of furan rings is 1. The molecule has 3 rings (SSSR count). The van der Waals surface area contributed by atoms with Crippen LogP contribution in [0.2, 0.25) is 0 Å². The maximum absolute atomic E-state index is 12.2. The molecule has 0 saturated carbocycles. The molecular weight excluding hydrogens is 328 g/mol. The Morgan fingerprint density at radius 2 is 2.00 bits per heavy atom. The van der Waals surface area contributed by atoms with Crippen LogP contribution in [0.25, 0.3) is 11.0 Å². The van der Waals surface area contributed by atoms with Crippen LogP contribution in [-0.4, -0.2) is 33.2 Å². The zero-order valence-electron chi connectivity index (χ0n) is 15.2. The second-order valence-corrected chi connectivity index (χ2v) is 6.26. The van der Waals surface area contributed by atoms with Gasteiger partial charge in [-0.15, -0.1) is 0 Å². The van der Waals surface area contributed by atoms with E-state index in [0.717, 1.165) is 35.2 Å². The molecule has 1 amide bonds. The normalized spacial score (nSPS) is 10.7. The standard InChI is InChI=1S/C21H24N2O3/c1-23(17-7-4-3-5-8-17)12-6-11-22-21(24)13-16-15-26-20-14-18(25-2)9-10-19(16)20/h3-5,7-10,14-15H,6,11-13H2,1-2H3,(H,22,24). The molecule has 0 atom stereocenters. The van der Waals surface area contributed by atoms with Gasteiger partial charge in [0, 0.05) is 42.8 Å². The molecule has 0 bridgehead atoms. The van der Waals surface area contributed by atoms with Gasteiger partial charge in [0.1, 0.15) is 11.3 Å². The Morgan fingerprint density at radius 3 is 2.77 bits per heavy atom. The van der Waals surface area contributed by atoms with E-state index in [1.807, 2.05) is 36.4 Å². The monoisotopic (exact) mass is 352 g/mol.